The first kappa shape index (κ1) is 22.3. The Hall–Kier alpha value is -2.42. The second-order valence-electron chi connectivity index (χ2n) is 8.13. The highest BCUT2D eigenvalue weighted by molar-refractivity contribution is 5.83. The lowest BCUT2D eigenvalue weighted by Gasteiger charge is -2.41. The number of carbonyl (C=O) groups excluding carboxylic acids is 3. The molecule has 2 aliphatic rings. The molecule has 1 N–H and O–H groups in total. The van der Waals surface area contributed by atoms with E-state index in [0.29, 0.717) is 37.6 Å². The van der Waals surface area contributed by atoms with Crippen LogP contribution < -0.4 is 5.32 Å². The Morgan fingerprint density at radius 3 is 2.63 bits per heavy atom. The number of carbonyl (C=O) groups is 3. The molecular formula is C21H32N4O5. The number of hydrogen-bond donors (Lipinski definition) is 1. The van der Waals surface area contributed by atoms with Crippen LogP contribution in [-0.2, 0) is 25.5 Å². The molecule has 2 unspecified atom stereocenters. The van der Waals surface area contributed by atoms with Crippen LogP contribution in [-0.4, -0.2) is 78.6 Å². The predicted octanol–water partition coefficient (Wildman–Crippen LogP) is 0.826. The van der Waals surface area contributed by atoms with Gasteiger partial charge in [0, 0.05) is 44.9 Å². The minimum absolute atomic E-state index is 0.0299. The summed E-state index contributed by atoms with van der Waals surface area (Å²) in [6, 6.07) is -0.154. The Labute approximate surface area is 177 Å². The number of rotatable bonds is 4. The zero-order chi connectivity index (χ0) is 21.7. The number of ether oxygens (including phenoxy) is 1. The van der Waals surface area contributed by atoms with Crippen molar-refractivity contribution in [3.8, 4) is 0 Å². The highest BCUT2D eigenvalue weighted by Gasteiger charge is 2.37. The molecule has 2 fully saturated rings. The lowest BCUT2D eigenvalue weighted by molar-refractivity contribution is -0.144. The summed E-state index contributed by atoms with van der Waals surface area (Å²) in [4.78, 5) is 42.1. The van der Waals surface area contributed by atoms with Crippen LogP contribution in [0.4, 0.5) is 0 Å². The molecule has 1 saturated heterocycles. The molecule has 9 heteroatoms. The number of methoxy groups -OCH3 is 1. The summed E-state index contributed by atoms with van der Waals surface area (Å²) in [5.74, 6) is 0.190. The Balaban J connectivity index is 1.78. The number of fused-ring (bicyclic) bond motifs is 1. The largest absolute Gasteiger partial charge is 0.375 e. The van der Waals surface area contributed by atoms with Crippen LogP contribution in [0.2, 0.25) is 0 Å². The average molecular weight is 421 g/mol. The first-order valence-electron chi connectivity index (χ1n) is 10.7. The van der Waals surface area contributed by atoms with Crippen LogP contribution in [0.1, 0.15) is 42.7 Å². The monoisotopic (exact) mass is 420 g/mol. The summed E-state index contributed by atoms with van der Waals surface area (Å²) in [5, 5.41) is 6.89. The maximum Gasteiger partial charge on any atom is 0.248 e. The van der Waals surface area contributed by atoms with Gasteiger partial charge in [-0.25, -0.2) is 0 Å². The number of nitrogens with one attached hydrogen (secondary N) is 1. The third-order valence-electron chi connectivity index (χ3n) is 6.21. The SMILES string of the molecule is COCC(=O)N1CCN(C(=O)Cc2c(C)noc2C)CCNC(=O)C2CCCCC21. The van der Waals surface area contributed by atoms with Crippen LogP contribution in [0.3, 0.4) is 0 Å². The quantitative estimate of drug-likeness (QED) is 0.774. The third kappa shape index (κ3) is 5.00. The van der Waals surface area contributed by atoms with E-state index in [1.807, 2.05) is 6.92 Å². The van der Waals surface area contributed by atoms with Gasteiger partial charge in [0.25, 0.3) is 0 Å². The lowest BCUT2D eigenvalue weighted by atomic mass is 9.82. The Morgan fingerprint density at radius 2 is 1.93 bits per heavy atom. The predicted molar refractivity (Wildman–Crippen MR) is 109 cm³/mol. The molecular weight excluding hydrogens is 388 g/mol. The summed E-state index contributed by atoms with van der Waals surface area (Å²) in [6.45, 7) is 5.19. The van der Waals surface area contributed by atoms with E-state index in [2.05, 4.69) is 10.5 Å². The van der Waals surface area contributed by atoms with Crippen molar-refractivity contribution in [2.45, 2.75) is 52.0 Å². The minimum Gasteiger partial charge on any atom is -0.375 e. The molecule has 1 saturated carbocycles. The van der Waals surface area contributed by atoms with Crippen molar-refractivity contribution in [3.05, 3.63) is 17.0 Å². The standard InChI is InChI=1S/C21H32N4O5/c1-14-17(15(2)30-23-14)12-19(26)24-9-8-22-21(28)16-6-4-5-7-18(16)25(11-10-24)20(27)13-29-3/h16,18H,4-13H2,1-3H3,(H,22,28). The van der Waals surface area contributed by atoms with E-state index in [0.717, 1.165) is 31.2 Å². The minimum atomic E-state index is -0.205. The number of hydrogen-bond acceptors (Lipinski definition) is 6. The van der Waals surface area contributed by atoms with Crippen LogP contribution >= 0.6 is 0 Å². The fourth-order valence-corrected chi connectivity index (χ4v) is 4.52. The van der Waals surface area contributed by atoms with E-state index in [9.17, 15) is 14.4 Å². The number of nitrogens with zero attached hydrogens (tertiary/aromatic N) is 3. The second kappa shape index (κ2) is 10.1. The van der Waals surface area contributed by atoms with E-state index in [-0.39, 0.29) is 42.7 Å². The van der Waals surface area contributed by atoms with Gasteiger partial charge >= 0.3 is 0 Å². The molecule has 0 bridgehead atoms. The van der Waals surface area contributed by atoms with Gasteiger partial charge in [-0.1, -0.05) is 18.0 Å². The highest BCUT2D eigenvalue weighted by atomic mass is 16.5. The normalized spacial score (nSPS) is 23.0. The molecule has 0 spiro atoms. The van der Waals surface area contributed by atoms with Crippen molar-refractivity contribution in [1.29, 1.82) is 0 Å². The summed E-state index contributed by atoms with van der Waals surface area (Å²) in [7, 11) is 1.49. The van der Waals surface area contributed by atoms with Gasteiger partial charge < -0.3 is 24.4 Å². The van der Waals surface area contributed by atoms with E-state index in [4.69, 9.17) is 9.26 Å². The van der Waals surface area contributed by atoms with Crippen LogP contribution in [0, 0.1) is 19.8 Å². The first-order chi connectivity index (χ1) is 14.4. The van der Waals surface area contributed by atoms with Gasteiger partial charge in [0.15, 0.2) is 0 Å². The van der Waals surface area contributed by atoms with Crippen molar-refractivity contribution < 1.29 is 23.6 Å². The summed E-state index contributed by atoms with van der Waals surface area (Å²) < 4.78 is 10.2. The maximum absolute atomic E-state index is 13.0. The van der Waals surface area contributed by atoms with E-state index < -0.39 is 0 Å². The molecule has 3 amide bonds. The van der Waals surface area contributed by atoms with Crippen molar-refractivity contribution in [3.63, 3.8) is 0 Å². The van der Waals surface area contributed by atoms with Gasteiger partial charge in [-0.05, 0) is 26.7 Å². The van der Waals surface area contributed by atoms with Crippen molar-refractivity contribution >= 4 is 17.7 Å². The first-order valence-corrected chi connectivity index (χ1v) is 10.7. The van der Waals surface area contributed by atoms with Gasteiger partial charge in [-0.15, -0.1) is 0 Å². The molecule has 2 heterocycles. The van der Waals surface area contributed by atoms with Crippen LogP contribution in [0.25, 0.3) is 0 Å². The Bertz CT molecular complexity index is 758. The molecule has 0 aromatic carbocycles. The number of aryl methyl sites for hydroxylation is 2. The Morgan fingerprint density at radius 1 is 1.17 bits per heavy atom. The van der Waals surface area contributed by atoms with Gasteiger partial charge in [0.05, 0.1) is 18.0 Å². The molecule has 9 nitrogen and oxygen atoms in total. The van der Waals surface area contributed by atoms with Crippen LogP contribution in [0.5, 0.6) is 0 Å². The second-order valence-corrected chi connectivity index (χ2v) is 8.13. The van der Waals surface area contributed by atoms with Gasteiger partial charge in [0.1, 0.15) is 12.4 Å². The van der Waals surface area contributed by atoms with E-state index in [1.54, 1.807) is 16.7 Å². The molecule has 1 aliphatic heterocycles. The van der Waals surface area contributed by atoms with Gasteiger partial charge in [-0.3, -0.25) is 14.4 Å². The smallest absolute Gasteiger partial charge is 0.248 e. The maximum atomic E-state index is 13.0. The molecule has 1 aromatic heterocycles. The van der Waals surface area contributed by atoms with Crippen molar-refractivity contribution in [2.75, 3.05) is 39.9 Å². The molecule has 1 aromatic rings. The van der Waals surface area contributed by atoms with Gasteiger partial charge in [0.2, 0.25) is 17.7 Å². The lowest BCUT2D eigenvalue weighted by Crippen LogP contribution is -2.56. The topological polar surface area (TPSA) is 105 Å². The Kier molecular flexibility index (Phi) is 7.47. The number of aromatic nitrogens is 1. The summed E-state index contributed by atoms with van der Waals surface area (Å²) in [6.07, 6.45) is 3.73. The third-order valence-corrected chi connectivity index (χ3v) is 6.21. The van der Waals surface area contributed by atoms with E-state index >= 15 is 0 Å². The van der Waals surface area contributed by atoms with Gasteiger partial charge in [-0.2, -0.15) is 0 Å². The molecule has 3 rings (SSSR count). The fourth-order valence-electron chi connectivity index (χ4n) is 4.52. The summed E-state index contributed by atoms with van der Waals surface area (Å²) in [5.41, 5.74) is 1.50. The highest BCUT2D eigenvalue weighted by Crippen LogP contribution is 2.29. The zero-order valence-electron chi connectivity index (χ0n) is 18.1. The molecule has 30 heavy (non-hydrogen) atoms. The van der Waals surface area contributed by atoms with Crippen molar-refractivity contribution in [1.82, 2.24) is 20.3 Å². The molecule has 166 valence electrons. The van der Waals surface area contributed by atoms with E-state index in [1.165, 1.54) is 7.11 Å². The molecule has 2 atom stereocenters. The zero-order valence-corrected chi connectivity index (χ0v) is 18.1. The summed E-state index contributed by atoms with van der Waals surface area (Å²) >= 11 is 0. The van der Waals surface area contributed by atoms with Crippen molar-refractivity contribution in [2.24, 2.45) is 5.92 Å². The molecule has 1 aliphatic carbocycles. The van der Waals surface area contributed by atoms with Crippen LogP contribution in [0.15, 0.2) is 4.52 Å². The number of amides is 3. The fraction of sp³-hybridized carbons (Fsp3) is 0.714. The average Bonchev–Trinajstić information content (AvgIpc) is 3.04. The molecule has 0 radical (unpaired) electrons.